The van der Waals surface area contributed by atoms with Crippen molar-refractivity contribution in [1.82, 2.24) is 20.1 Å². The van der Waals surface area contributed by atoms with Gasteiger partial charge in [0.1, 0.15) is 0 Å². The summed E-state index contributed by atoms with van der Waals surface area (Å²) < 4.78 is 1.99. The number of aromatic nitrogens is 3. The number of anilines is 2. The van der Waals surface area contributed by atoms with Crippen LogP contribution in [0.1, 0.15) is 35.7 Å². The Hall–Kier alpha value is -3.67. The van der Waals surface area contributed by atoms with Crippen molar-refractivity contribution in [2.45, 2.75) is 33.2 Å². The largest absolute Gasteiger partial charge is 0.355 e. The average molecular weight is 414 g/mol. The van der Waals surface area contributed by atoms with Gasteiger partial charge in [0, 0.05) is 42.6 Å². The van der Waals surface area contributed by atoms with E-state index in [0.717, 1.165) is 58.4 Å². The number of para-hydroxylation sites is 1. The van der Waals surface area contributed by atoms with Gasteiger partial charge in [0.05, 0.1) is 23.0 Å². The number of fused-ring (bicyclic) bond motifs is 1. The number of nitrogens with zero attached hydrogens (tertiary/aromatic N) is 3. The molecule has 6 heteroatoms. The van der Waals surface area contributed by atoms with Crippen molar-refractivity contribution in [3.63, 3.8) is 0 Å². The molecule has 158 valence electrons. The summed E-state index contributed by atoms with van der Waals surface area (Å²) in [4.78, 5) is 17.2. The van der Waals surface area contributed by atoms with Crippen LogP contribution in [-0.2, 0) is 6.54 Å². The molecular weight excluding hydrogens is 386 g/mol. The minimum Gasteiger partial charge on any atom is -0.355 e. The smallest absolute Gasteiger partial charge is 0.254 e. The lowest BCUT2D eigenvalue weighted by Crippen LogP contribution is -2.19. The molecule has 0 unspecified atom stereocenters. The Morgan fingerprint density at radius 1 is 1.13 bits per heavy atom. The van der Waals surface area contributed by atoms with Crippen LogP contribution in [0.5, 0.6) is 0 Å². The maximum absolute atomic E-state index is 12.6. The summed E-state index contributed by atoms with van der Waals surface area (Å²) in [6, 6.07) is 14.0. The molecule has 2 aromatic carbocycles. The Kier molecular flexibility index (Phi) is 5.98. The molecule has 0 aliphatic rings. The number of benzene rings is 2. The second kappa shape index (κ2) is 9.00. The summed E-state index contributed by atoms with van der Waals surface area (Å²) in [5, 5.41) is 11.6. The van der Waals surface area contributed by atoms with Crippen molar-refractivity contribution in [3.05, 3.63) is 72.2 Å². The number of pyridine rings is 1. The zero-order chi connectivity index (χ0) is 21.8. The van der Waals surface area contributed by atoms with Crippen molar-refractivity contribution in [3.8, 4) is 11.1 Å². The Balaban J connectivity index is 1.86. The lowest BCUT2D eigenvalue weighted by molar-refractivity contribution is 0.0963. The summed E-state index contributed by atoms with van der Waals surface area (Å²) in [6.45, 7) is 5.17. The first kappa shape index (κ1) is 20.6. The highest BCUT2D eigenvalue weighted by atomic mass is 16.1. The monoisotopic (exact) mass is 413 g/mol. The molecule has 2 heterocycles. The Morgan fingerprint density at radius 2 is 1.94 bits per heavy atom. The molecule has 6 nitrogen and oxygen atoms in total. The maximum atomic E-state index is 12.6. The molecule has 0 saturated carbocycles. The number of rotatable bonds is 7. The number of hydrogen-bond acceptors (Lipinski definition) is 4. The van der Waals surface area contributed by atoms with Crippen molar-refractivity contribution in [2.75, 3.05) is 12.4 Å². The number of hydrogen-bond donors (Lipinski definition) is 2. The van der Waals surface area contributed by atoms with Gasteiger partial charge in [0.15, 0.2) is 0 Å². The van der Waals surface area contributed by atoms with E-state index in [1.165, 1.54) is 0 Å². The van der Waals surface area contributed by atoms with Gasteiger partial charge >= 0.3 is 0 Å². The van der Waals surface area contributed by atoms with E-state index in [0.29, 0.717) is 5.56 Å². The first-order chi connectivity index (χ1) is 15.1. The van der Waals surface area contributed by atoms with E-state index in [-0.39, 0.29) is 5.91 Å². The number of carbonyl (C=O) groups excluding carboxylic acids is 1. The fraction of sp³-hybridized carbons (Fsp3) is 0.240. The van der Waals surface area contributed by atoms with Gasteiger partial charge in [-0.3, -0.25) is 14.5 Å². The molecule has 0 aliphatic carbocycles. The lowest BCUT2D eigenvalue weighted by atomic mass is 9.98. The summed E-state index contributed by atoms with van der Waals surface area (Å²) in [6.07, 6.45) is 7.86. The van der Waals surface area contributed by atoms with Crippen LogP contribution in [0.15, 0.2) is 61.1 Å². The van der Waals surface area contributed by atoms with Crippen LogP contribution in [0, 0.1) is 6.92 Å². The van der Waals surface area contributed by atoms with Crippen LogP contribution in [0.3, 0.4) is 0 Å². The maximum Gasteiger partial charge on any atom is 0.254 e. The lowest BCUT2D eigenvalue weighted by Gasteiger charge is -2.16. The van der Waals surface area contributed by atoms with Gasteiger partial charge in [-0.15, -0.1) is 0 Å². The molecule has 0 atom stereocenters. The first-order valence-corrected chi connectivity index (χ1v) is 10.6. The van der Waals surface area contributed by atoms with E-state index in [2.05, 4.69) is 52.9 Å². The standard InChI is InChI=1S/C25H27N5O/c1-4-5-11-30-16-18(14-28-30)20-13-21-23(12-17(20)2)27-15-22(25(31)26-3)24(21)29-19-9-7-6-8-10-19/h6-10,12-16H,4-5,11H2,1-3H3,(H,26,31)(H,27,29). The highest BCUT2D eigenvalue weighted by Gasteiger charge is 2.17. The van der Waals surface area contributed by atoms with Gasteiger partial charge in [-0.2, -0.15) is 5.10 Å². The minimum absolute atomic E-state index is 0.178. The molecular formula is C25H27N5O. The molecule has 1 amide bonds. The van der Waals surface area contributed by atoms with Crippen molar-refractivity contribution in [1.29, 1.82) is 0 Å². The van der Waals surface area contributed by atoms with E-state index < -0.39 is 0 Å². The fourth-order valence-electron chi connectivity index (χ4n) is 3.71. The van der Waals surface area contributed by atoms with Crippen LogP contribution in [0.4, 0.5) is 11.4 Å². The van der Waals surface area contributed by atoms with E-state index in [4.69, 9.17) is 0 Å². The van der Waals surface area contributed by atoms with E-state index >= 15 is 0 Å². The SMILES string of the molecule is CCCCn1cc(-c2cc3c(Nc4ccccc4)c(C(=O)NC)cnc3cc2C)cn1. The highest BCUT2D eigenvalue weighted by molar-refractivity contribution is 6.09. The third kappa shape index (κ3) is 4.28. The van der Waals surface area contributed by atoms with Crippen LogP contribution in [-0.4, -0.2) is 27.7 Å². The Labute approximate surface area is 182 Å². The summed E-state index contributed by atoms with van der Waals surface area (Å²) in [5.41, 5.74) is 6.27. The summed E-state index contributed by atoms with van der Waals surface area (Å²) in [5.74, 6) is -0.178. The van der Waals surface area contributed by atoms with E-state index in [1.54, 1.807) is 13.2 Å². The van der Waals surface area contributed by atoms with Gasteiger partial charge in [-0.25, -0.2) is 0 Å². The summed E-state index contributed by atoms with van der Waals surface area (Å²) in [7, 11) is 1.63. The molecule has 0 bridgehead atoms. The molecule has 0 spiro atoms. The van der Waals surface area contributed by atoms with E-state index in [9.17, 15) is 4.79 Å². The van der Waals surface area contributed by atoms with Crippen LogP contribution >= 0.6 is 0 Å². The number of nitrogens with one attached hydrogen (secondary N) is 2. The number of amides is 1. The third-order valence-corrected chi connectivity index (χ3v) is 5.41. The second-order valence-corrected chi connectivity index (χ2v) is 7.65. The topological polar surface area (TPSA) is 71.8 Å². The Bertz CT molecular complexity index is 1210. The Morgan fingerprint density at radius 3 is 2.68 bits per heavy atom. The number of unbranched alkanes of at least 4 members (excludes halogenated alkanes) is 1. The molecule has 4 aromatic rings. The molecule has 31 heavy (non-hydrogen) atoms. The van der Waals surface area contributed by atoms with Gasteiger partial charge < -0.3 is 10.6 Å². The fourth-order valence-corrected chi connectivity index (χ4v) is 3.71. The van der Waals surface area contributed by atoms with Gasteiger partial charge in [0.25, 0.3) is 5.91 Å². The van der Waals surface area contributed by atoms with E-state index in [1.807, 2.05) is 41.2 Å². The quantitative estimate of drug-likeness (QED) is 0.431. The van der Waals surface area contributed by atoms with Crippen LogP contribution < -0.4 is 10.6 Å². The zero-order valence-electron chi connectivity index (χ0n) is 18.1. The normalized spacial score (nSPS) is 10.9. The predicted molar refractivity (Wildman–Crippen MR) is 126 cm³/mol. The van der Waals surface area contributed by atoms with Crippen molar-refractivity contribution in [2.24, 2.45) is 0 Å². The van der Waals surface area contributed by atoms with Gasteiger partial charge in [-0.05, 0) is 48.7 Å². The van der Waals surface area contributed by atoms with Crippen LogP contribution in [0.2, 0.25) is 0 Å². The number of carbonyl (C=O) groups is 1. The average Bonchev–Trinajstić information content (AvgIpc) is 3.26. The molecule has 0 saturated heterocycles. The molecule has 0 fully saturated rings. The molecule has 0 aliphatic heterocycles. The molecule has 0 radical (unpaired) electrons. The third-order valence-electron chi connectivity index (χ3n) is 5.41. The molecule has 2 N–H and O–H groups in total. The first-order valence-electron chi connectivity index (χ1n) is 10.6. The van der Waals surface area contributed by atoms with Crippen molar-refractivity contribution < 1.29 is 4.79 Å². The van der Waals surface area contributed by atoms with Crippen molar-refractivity contribution >= 4 is 28.2 Å². The minimum atomic E-state index is -0.178. The van der Waals surface area contributed by atoms with Gasteiger partial charge in [0.2, 0.25) is 0 Å². The highest BCUT2D eigenvalue weighted by Crippen LogP contribution is 2.34. The zero-order valence-corrected chi connectivity index (χ0v) is 18.1. The predicted octanol–water partition coefficient (Wildman–Crippen LogP) is 5.31. The summed E-state index contributed by atoms with van der Waals surface area (Å²) >= 11 is 0. The van der Waals surface area contributed by atoms with Gasteiger partial charge in [-0.1, -0.05) is 31.5 Å². The number of aryl methyl sites for hydroxylation is 2. The van der Waals surface area contributed by atoms with Crippen LogP contribution in [0.25, 0.3) is 22.0 Å². The molecule has 2 aromatic heterocycles. The second-order valence-electron chi connectivity index (χ2n) is 7.65. The molecule has 4 rings (SSSR count).